The Hall–Kier alpha value is -1.88. The molecule has 1 fully saturated rings. The smallest absolute Gasteiger partial charge is 0.312 e. The molecule has 3 rings (SSSR count). The van der Waals surface area contributed by atoms with Crippen LogP contribution in [-0.2, 0) is 14.3 Å². The van der Waals surface area contributed by atoms with E-state index < -0.39 is 11.9 Å². The highest BCUT2D eigenvalue weighted by Gasteiger charge is 2.37. The number of benzene rings is 1. The maximum absolute atomic E-state index is 12.4. The zero-order valence-electron chi connectivity index (χ0n) is 11.1. The minimum absolute atomic E-state index is 0.0152. The third-order valence-corrected chi connectivity index (χ3v) is 3.99. The van der Waals surface area contributed by atoms with Crippen LogP contribution in [0.2, 0.25) is 0 Å². The summed E-state index contributed by atoms with van der Waals surface area (Å²) in [5, 5.41) is 9.28. The maximum atomic E-state index is 12.4. The molecule has 0 saturated carbocycles. The number of para-hydroxylation sites is 1. The highest BCUT2D eigenvalue weighted by atomic mass is 16.5. The van der Waals surface area contributed by atoms with Gasteiger partial charge in [0.05, 0.1) is 12.5 Å². The van der Waals surface area contributed by atoms with Gasteiger partial charge in [0, 0.05) is 18.8 Å². The van der Waals surface area contributed by atoms with Crippen molar-refractivity contribution in [2.45, 2.75) is 31.3 Å². The average Bonchev–Trinajstić information content (AvgIpc) is 3.05. The van der Waals surface area contributed by atoms with Gasteiger partial charge >= 0.3 is 5.97 Å². The van der Waals surface area contributed by atoms with Gasteiger partial charge in [0.25, 0.3) is 0 Å². The summed E-state index contributed by atoms with van der Waals surface area (Å²) in [6.45, 7) is 0.937. The van der Waals surface area contributed by atoms with E-state index in [-0.39, 0.29) is 18.6 Å². The molecule has 0 bridgehead atoms. The van der Waals surface area contributed by atoms with Crippen molar-refractivity contribution in [3.05, 3.63) is 29.8 Å². The molecule has 5 nitrogen and oxygen atoms in total. The topological polar surface area (TPSA) is 66.8 Å². The molecule has 1 N–H and O–H groups in total. The second-order valence-corrected chi connectivity index (χ2v) is 5.29. The number of anilines is 1. The molecular weight excluding hydrogens is 258 g/mol. The second kappa shape index (κ2) is 5.25. The van der Waals surface area contributed by atoms with E-state index in [9.17, 15) is 14.7 Å². The summed E-state index contributed by atoms with van der Waals surface area (Å²) in [5.74, 6) is -1.56. The van der Waals surface area contributed by atoms with Crippen molar-refractivity contribution in [3.8, 4) is 0 Å². The van der Waals surface area contributed by atoms with Crippen molar-refractivity contribution in [3.63, 3.8) is 0 Å². The lowest BCUT2D eigenvalue weighted by Crippen LogP contribution is -2.33. The van der Waals surface area contributed by atoms with E-state index in [2.05, 4.69) is 0 Å². The van der Waals surface area contributed by atoms with E-state index in [1.165, 1.54) is 0 Å². The molecule has 1 saturated heterocycles. The van der Waals surface area contributed by atoms with Crippen molar-refractivity contribution >= 4 is 17.6 Å². The van der Waals surface area contributed by atoms with Crippen LogP contribution in [0, 0.1) is 0 Å². The van der Waals surface area contributed by atoms with Crippen molar-refractivity contribution in [1.82, 2.24) is 0 Å². The number of rotatable bonds is 3. The molecule has 20 heavy (non-hydrogen) atoms. The van der Waals surface area contributed by atoms with Crippen LogP contribution in [0.25, 0.3) is 0 Å². The number of aliphatic carboxylic acids is 1. The van der Waals surface area contributed by atoms with Crippen LogP contribution < -0.4 is 4.90 Å². The summed E-state index contributed by atoms with van der Waals surface area (Å²) in [7, 11) is 0. The molecule has 106 valence electrons. The summed E-state index contributed by atoms with van der Waals surface area (Å²) in [4.78, 5) is 25.3. The minimum atomic E-state index is -0.884. The maximum Gasteiger partial charge on any atom is 0.312 e. The first-order valence-electron chi connectivity index (χ1n) is 6.90. The number of carbonyl (C=O) groups excluding carboxylic acids is 1. The van der Waals surface area contributed by atoms with Gasteiger partial charge in [0.2, 0.25) is 5.91 Å². The summed E-state index contributed by atoms with van der Waals surface area (Å²) in [6, 6.07) is 7.23. The van der Waals surface area contributed by atoms with Crippen molar-refractivity contribution in [2.75, 3.05) is 18.1 Å². The summed E-state index contributed by atoms with van der Waals surface area (Å²) >= 11 is 0. The Labute approximate surface area is 117 Å². The molecule has 2 aliphatic heterocycles. The molecular formula is C15H17NO4. The van der Waals surface area contributed by atoms with Crippen LogP contribution in [0.15, 0.2) is 24.3 Å². The normalized spacial score (nSPS) is 24.7. The molecule has 5 heteroatoms. The van der Waals surface area contributed by atoms with E-state index in [0.29, 0.717) is 13.0 Å². The van der Waals surface area contributed by atoms with Gasteiger partial charge in [-0.2, -0.15) is 0 Å². The van der Waals surface area contributed by atoms with E-state index >= 15 is 0 Å². The van der Waals surface area contributed by atoms with Gasteiger partial charge in [-0.1, -0.05) is 18.2 Å². The number of carbonyl (C=O) groups is 2. The SMILES string of the molecule is O=C(O)C1CN(C(=O)CC2CCCO2)c2ccccc21. The van der Waals surface area contributed by atoms with E-state index in [1.807, 2.05) is 18.2 Å². The molecule has 2 aliphatic rings. The number of carboxylic acid groups (broad SMARTS) is 1. The van der Waals surface area contributed by atoms with Gasteiger partial charge in [-0.05, 0) is 24.5 Å². The molecule has 0 radical (unpaired) electrons. The summed E-state index contributed by atoms with van der Waals surface area (Å²) in [6.07, 6.45) is 2.22. The predicted molar refractivity (Wildman–Crippen MR) is 72.8 cm³/mol. The lowest BCUT2D eigenvalue weighted by molar-refractivity contribution is -0.138. The zero-order valence-corrected chi connectivity index (χ0v) is 11.1. The predicted octanol–water partition coefficient (Wildman–Crippen LogP) is 1.77. The van der Waals surface area contributed by atoms with Gasteiger partial charge in [0.15, 0.2) is 0 Å². The molecule has 2 heterocycles. The third kappa shape index (κ3) is 2.29. The van der Waals surface area contributed by atoms with Crippen molar-refractivity contribution in [1.29, 1.82) is 0 Å². The van der Waals surface area contributed by atoms with Crippen molar-refractivity contribution in [2.24, 2.45) is 0 Å². The lowest BCUT2D eigenvalue weighted by atomic mass is 10.0. The van der Waals surface area contributed by atoms with Crippen LogP contribution in [-0.4, -0.2) is 36.2 Å². The van der Waals surface area contributed by atoms with E-state index in [0.717, 1.165) is 24.1 Å². The Balaban J connectivity index is 1.80. The largest absolute Gasteiger partial charge is 0.481 e. The number of amides is 1. The molecule has 0 aromatic heterocycles. The number of hydrogen-bond acceptors (Lipinski definition) is 3. The van der Waals surface area contributed by atoms with Crippen LogP contribution in [0.5, 0.6) is 0 Å². The number of carboxylic acids is 1. The van der Waals surface area contributed by atoms with E-state index in [1.54, 1.807) is 11.0 Å². The molecule has 1 aromatic carbocycles. The fourth-order valence-electron chi connectivity index (χ4n) is 2.96. The number of hydrogen-bond donors (Lipinski definition) is 1. The van der Waals surface area contributed by atoms with Gasteiger partial charge < -0.3 is 14.7 Å². The molecule has 0 aliphatic carbocycles. The highest BCUT2D eigenvalue weighted by Crippen LogP contribution is 2.37. The van der Waals surface area contributed by atoms with Gasteiger partial charge in [-0.3, -0.25) is 9.59 Å². The Morgan fingerprint density at radius 3 is 2.85 bits per heavy atom. The fraction of sp³-hybridized carbons (Fsp3) is 0.467. The monoisotopic (exact) mass is 275 g/mol. The lowest BCUT2D eigenvalue weighted by Gasteiger charge is -2.19. The Kier molecular flexibility index (Phi) is 3.44. The Morgan fingerprint density at radius 1 is 1.35 bits per heavy atom. The zero-order chi connectivity index (χ0) is 14.1. The van der Waals surface area contributed by atoms with Crippen LogP contribution in [0.3, 0.4) is 0 Å². The van der Waals surface area contributed by atoms with Crippen LogP contribution in [0.1, 0.15) is 30.7 Å². The van der Waals surface area contributed by atoms with Gasteiger partial charge in [-0.25, -0.2) is 0 Å². The third-order valence-electron chi connectivity index (χ3n) is 3.99. The summed E-state index contributed by atoms with van der Waals surface area (Å²) in [5.41, 5.74) is 1.45. The fourth-order valence-corrected chi connectivity index (χ4v) is 2.96. The summed E-state index contributed by atoms with van der Waals surface area (Å²) < 4.78 is 5.48. The second-order valence-electron chi connectivity index (χ2n) is 5.29. The number of fused-ring (bicyclic) bond motifs is 1. The van der Waals surface area contributed by atoms with Gasteiger partial charge in [0.1, 0.15) is 5.92 Å². The first-order chi connectivity index (χ1) is 9.66. The van der Waals surface area contributed by atoms with Crippen molar-refractivity contribution < 1.29 is 19.4 Å². The van der Waals surface area contributed by atoms with Crippen LogP contribution >= 0.6 is 0 Å². The van der Waals surface area contributed by atoms with Gasteiger partial charge in [-0.15, -0.1) is 0 Å². The highest BCUT2D eigenvalue weighted by molar-refractivity contribution is 5.99. The average molecular weight is 275 g/mol. The Bertz CT molecular complexity index is 536. The standard InChI is InChI=1S/C15H17NO4/c17-14(8-10-4-3-7-20-10)16-9-12(15(18)19)11-5-1-2-6-13(11)16/h1-2,5-6,10,12H,3-4,7-9H2,(H,18,19). The Morgan fingerprint density at radius 2 is 2.15 bits per heavy atom. The van der Waals surface area contributed by atoms with E-state index in [4.69, 9.17) is 4.74 Å². The number of nitrogens with zero attached hydrogens (tertiary/aromatic N) is 1. The first-order valence-corrected chi connectivity index (χ1v) is 6.90. The minimum Gasteiger partial charge on any atom is -0.481 e. The molecule has 2 atom stereocenters. The molecule has 1 amide bonds. The molecule has 0 spiro atoms. The number of ether oxygens (including phenoxy) is 1. The molecule has 1 aromatic rings. The quantitative estimate of drug-likeness (QED) is 0.913. The molecule has 2 unspecified atom stereocenters. The first kappa shape index (κ1) is 13.1. The van der Waals surface area contributed by atoms with Crippen LogP contribution in [0.4, 0.5) is 5.69 Å².